The van der Waals surface area contributed by atoms with Crippen molar-refractivity contribution in [2.24, 2.45) is 0 Å². The van der Waals surface area contributed by atoms with Crippen molar-refractivity contribution < 1.29 is 57.3 Å². The highest BCUT2D eigenvalue weighted by molar-refractivity contribution is 6.49. The molecule has 0 spiro atoms. The van der Waals surface area contributed by atoms with Crippen molar-refractivity contribution in [1.82, 2.24) is 0 Å². The summed E-state index contributed by atoms with van der Waals surface area (Å²) in [4.78, 5) is 25.8. The Balaban J connectivity index is 1.66. The maximum Gasteiger partial charge on any atom is 0.233 e. The summed E-state index contributed by atoms with van der Waals surface area (Å²) >= 11 is 0. The molecule has 0 saturated carbocycles. The highest BCUT2D eigenvalue weighted by Gasteiger charge is 2.21. The minimum atomic E-state index is -0.713. The van der Waals surface area contributed by atoms with Crippen LogP contribution in [0.3, 0.4) is 0 Å². The van der Waals surface area contributed by atoms with Gasteiger partial charge in [0.2, 0.25) is 11.6 Å². The molecule has 0 aromatic heterocycles. The van der Waals surface area contributed by atoms with E-state index in [2.05, 4.69) is 0 Å². The topological polar surface area (TPSA) is 137 Å². The quantitative estimate of drug-likeness (QED) is 0.111. The van der Waals surface area contributed by atoms with Crippen LogP contribution in [0.1, 0.15) is 20.7 Å². The van der Waals surface area contributed by atoms with Crippen LogP contribution in [0.5, 0.6) is 23.0 Å². The zero-order chi connectivity index (χ0) is 29.7. The molecule has 12 nitrogen and oxygen atoms in total. The van der Waals surface area contributed by atoms with Crippen LogP contribution in [0, 0.1) is 0 Å². The number of Topliss-reactive ketones (excluding diaryl/α,β-unsaturated/α-hetero) is 2. The van der Waals surface area contributed by atoms with Crippen molar-refractivity contribution in [3.63, 3.8) is 0 Å². The number of methoxy groups -OCH3 is 3. The third-order valence-electron chi connectivity index (χ3n) is 5.45. The first-order chi connectivity index (χ1) is 20.0. The lowest BCUT2D eigenvalue weighted by molar-refractivity contribution is -0.0146. The zero-order valence-corrected chi connectivity index (χ0v) is 23.9. The molecule has 0 atom stereocenters. The molecule has 0 aliphatic rings. The fraction of sp³-hybridized carbons (Fsp3) is 0.517. The molecule has 0 aliphatic heterocycles. The summed E-state index contributed by atoms with van der Waals surface area (Å²) in [5.41, 5.74) is 0.306. The van der Waals surface area contributed by atoms with Crippen molar-refractivity contribution in [2.75, 3.05) is 101 Å². The molecule has 41 heavy (non-hydrogen) atoms. The van der Waals surface area contributed by atoms with Gasteiger partial charge in [-0.05, 0) is 30.3 Å². The van der Waals surface area contributed by atoms with Crippen LogP contribution < -0.4 is 18.9 Å². The summed E-state index contributed by atoms with van der Waals surface area (Å²) in [6, 6.07) is 9.12. The molecule has 0 aliphatic carbocycles. The van der Waals surface area contributed by atoms with Gasteiger partial charge in [-0.25, -0.2) is 0 Å². The van der Waals surface area contributed by atoms with E-state index in [1.54, 1.807) is 12.1 Å². The summed E-state index contributed by atoms with van der Waals surface area (Å²) in [7, 11) is 4.40. The van der Waals surface area contributed by atoms with E-state index in [1.165, 1.54) is 45.6 Å². The van der Waals surface area contributed by atoms with Crippen LogP contribution in [-0.2, 0) is 23.7 Å². The standard InChI is InChI=1S/C29H40O12/c1-33-24-18-23(29(32)28(31)22-4-5-26(34-2)27(20-22)35-3)19-25(21-24)41-17-16-40-15-14-39-13-12-38-11-10-37-9-8-36-7-6-30/h4-5,18-21,30H,6-17H2,1-3H3. The van der Waals surface area contributed by atoms with Gasteiger partial charge in [0, 0.05) is 17.2 Å². The van der Waals surface area contributed by atoms with E-state index in [-0.39, 0.29) is 24.3 Å². The number of ether oxygens (including phenoxy) is 9. The molecule has 0 fully saturated rings. The summed E-state index contributed by atoms with van der Waals surface area (Å²) in [5.74, 6) is 0.126. The van der Waals surface area contributed by atoms with Gasteiger partial charge in [-0.15, -0.1) is 0 Å². The monoisotopic (exact) mass is 580 g/mol. The van der Waals surface area contributed by atoms with E-state index in [0.29, 0.717) is 89.1 Å². The Morgan fingerprint density at radius 3 is 1.54 bits per heavy atom. The summed E-state index contributed by atoms with van der Waals surface area (Å²) in [5, 5.41) is 8.59. The molecule has 0 bridgehead atoms. The first-order valence-corrected chi connectivity index (χ1v) is 13.2. The molecule has 228 valence electrons. The van der Waals surface area contributed by atoms with Gasteiger partial charge in [0.1, 0.15) is 18.1 Å². The molecule has 0 saturated heterocycles. The third kappa shape index (κ3) is 12.9. The fourth-order valence-corrected chi connectivity index (χ4v) is 3.41. The summed E-state index contributed by atoms with van der Waals surface area (Å²) < 4.78 is 48.2. The van der Waals surface area contributed by atoms with E-state index in [1.807, 2.05) is 0 Å². The number of ketones is 2. The predicted octanol–water partition coefficient (Wildman–Crippen LogP) is 2.23. The Morgan fingerprint density at radius 2 is 1.02 bits per heavy atom. The second-order valence-corrected chi connectivity index (χ2v) is 8.26. The van der Waals surface area contributed by atoms with Gasteiger partial charge >= 0.3 is 0 Å². The van der Waals surface area contributed by atoms with Gasteiger partial charge in [-0.2, -0.15) is 0 Å². The first-order valence-electron chi connectivity index (χ1n) is 13.2. The average molecular weight is 581 g/mol. The lowest BCUT2D eigenvalue weighted by Crippen LogP contribution is -2.16. The highest BCUT2D eigenvalue weighted by Crippen LogP contribution is 2.29. The van der Waals surface area contributed by atoms with Gasteiger partial charge in [0.15, 0.2) is 11.5 Å². The number of benzene rings is 2. The molecular weight excluding hydrogens is 540 g/mol. The number of aliphatic hydroxyl groups excluding tert-OH is 1. The van der Waals surface area contributed by atoms with Gasteiger partial charge in [0.05, 0.1) is 94.0 Å². The number of carbonyl (C=O) groups is 2. The molecule has 0 amide bonds. The smallest absolute Gasteiger partial charge is 0.233 e. The Kier molecular flexibility index (Phi) is 17.0. The summed E-state index contributed by atoms with van der Waals surface area (Å²) in [6.45, 7) is 4.30. The van der Waals surface area contributed by atoms with Crippen molar-refractivity contribution in [3.8, 4) is 23.0 Å². The molecule has 2 aromatic carbocycles. The largest absolute Gasteiger partial charge is 0.497 e. The molecule has 0 heterocycles. The van der Waals surface area contributed by atoms with E-state index < -0.39 is 11.6 Å². The predicted molar refractivity (Wildman–Crippen MR) is 148 cm³/mol. The summed E-state index contributed by atoms with van der Waals surface area (Å²) in [6.07, 6.45) is 0. The molecule has 0 radical (unpaired) electrons. The Labute approximate surface area is 240 Å². The van der Waals surface area contributed by atoms with Crippen molar-refractivity contribution >= 4 is 11.6 Å². The second kappa shape index (κ2) is 20.6. The van der Waals surface area contributed by atoms with Crippen molar-refractivity contribution in [3.05, 3.63) is 47.5 Å². The number of hydrogen-bond acceptors (Lipinski definition) is 12. The Morgan fingerprint density at radius 1 is 0.537 bits per heavy atom. The maximum atomic E-state index is 13.0. The number of aliphatic hydroxyl groups is 1. The van der Waals surface area contributed by atoms with E-state index >= 15 is 0 Å². The Bertz CT molecular complexity index is 1040. The highest BCUT2D eigenvalue weighted by atomic mass is 16.6. The van der Waals surface area contributed by atoms with Crippen LogP contribution in [0.2, 0.25) is 0 Å². The molecule has 0 unspecified atom stereocenters. The van der Waals surface area contributed by atoms with Gasteiger partial charge in [-0.1, -0.05) is 0 Å². The van der Waals surface area contributed by atoms with E-state index in [9.17, 15) is 9.59 Å². The molecule has 2 rings (SSSR count). The van der Waals surface area contributed by atoms with Gasteiger partial charge < -0.3 is 47.7 Å². The first kappa shape index (κ1) is 33.9. The number of carbonyl (C=O) groups excluding carboxylic acids is 2. The fourth-order valence-electron chi connectivity index (χ4n) is 3.41. The van der Waals surface area contributed by atoms with Gasteiger partial charge in [0.25, 0.3) is 0 Å². The minimum Gasteiger partial charge on any atom is -0.497 e. The van der Waals surface area contributed by atoms with Crippen LogP contribution >= 0.6 is 0 Å². The van der Waals surface area contributed by atoms with Crippen LogP contribution in [0.25, 0.3) is 0 Å². The van der Waals surface area contributed by atoms with Crippen molar-refractivity contribution in [2.45, 2.75) is 0 Å². The lowest BCUT2D eigenvalue weighted by atomic mass is 10.0. The third-order valence-corrected chi connectivity index (χ3v) is 5.45. The number of rotatable bonds is 24. The van der Waals surface area contributed by atoms with Crippen LogP contribution in [-0.4, -0.2) is 117 Å². The lowest BCUT2D eigenvalue weighted by Gasteiger charge is -2.11. The average Bonchev–Trinajstić information content (AvgIpc) is 3.01. The van der Waals surface area contributed by atoms with Crippen LogP contribution in [0.4, 0.5) is 0 Å². The normalized spacial score (nSPS) is 10.8. The maximum absolute atomic E-state index is 13.0. The molecule has 1 N–H and O–H groups in total. The SMILES string of the molecule is COc1cc(OCCOCCOCCOCCOCCOCCO)cc(C(=O)C(=O)c2ccc(OC)c(OC)c2)c1. The van der Waals surface area contributed by atoms with E-state index in [0.717, 1.165) is 0 Å². The molecule has 12 heteroatoms. The zero-order valence-electron chi connectivity index (χ0n) is 23.9. The minimum absolute atomic E-state index is 0.00352. The van der Waals surface area contributed by atoms with Gasteiger partial charge in [-0.3, -0.25) is 9.59 Å². The second-order valence-electron chi connectivity index (χ2n) is 8.26. The number of hydrogen-bond donors (Lipinski definition) is 1. The Hall–Kier alpha value is -3.26. The van der Waals surface area contributed by atoms with E-state index in [4.69, 9.17) is 47.7 Å². The molecular formula is C29H40O12. The molecule has 2 aromatic rings. The van der Waals surface area contributed by atoms with Crippen LogP contribution in [0.15, 0.2) is 36.4 Å². The van der Waals surface area contributed by atoms with Crippen molar-refractivity contribution in [1.29, 1.82) is 0 Å².